The monoisotopic (exact) mass is 589 g/mol. The molecule has 1 aliphatic rings. The molecule has 1 aliphatic carbocycles. The molecule has 3 heteroatoms. The maximum Gasteiger partial charge on any atom is 0.216 e. The predicted molar refractivity (Wildman–Crippen MR) is 185 cm³/mol. The molecule has 2 heterocycles. The minimum absolute atomic E-state index is 0.189. The summed E-state index contributed by atoms with van der Waals surface area (Å²) in [5, 5.41) is 12.3. The fraction of sp³-hybridized carbons (Fsp3) is 0.286. The number of aryl methyl sites for hydroxylation is 2. The van der Waals surface area contributed by atoms with E-state index in [1.807, 2.05) is 12.1 Å². The van der Waals surface area contributed by atoms with Crippen LogP contribution in [0, 0.1) is 23.7 Å². The van der Waals surface area contributed by atoms with Crippen LogP contribution in [-0.4, -0.2) is 0 Å². The molecule has 4 aromatic carbocycles. The van der Waals surface area contributed by atoms with E-state index in [1.54, 1.807) is 0 Å². The third kappa shape index (κ3) is 5.44. The van der Waals surface area contributed by atoms with Crippen molar-refractivity contribution in [2.75, 3.05) is 0 Å². The van der Waals surface area contributed by atoms with Crippen LogP contribution in [-0.2, 0) is 13.5 Å². The molecule has 3 nitrogen and oxygen atoms in total. The van der Waals surface area contributed by atoms with Crippen molar-refractivity contribution in [3.05, 3.63) is 113 Å². The highest BCUT2D eigenvalue weighted by Crippen LogP contribution is 2.43. The molecule has 45 heavy (non-hydrogen) atoms. The highest BCUT2D eigenvalue weighted by Gasteiger charge is 2.24. The second kappa shape index (κ2) is 11.4. The third-order valence-corrected chi connectivity index (χ3v) is 9.56. The Balaban J connectivity index is 1.35. The Labute approximate surface area is 266 Å². The van der Waals surface area contributed by atoms with Gasteiger partial charge in [0.05, 0.1) is 17.2 Å². The zero-order chi connectivity index (χ0) is 31.3. The van der Waals surface area contributed by atoms with E-state index >= 15 is 0 Å². The number of fused-ring (bicyclic) bond motifs is 3. The average Bonchev–Trinajstić information content (AvgIpc) is 3.70. The van der Waals surface area contributed by atoms with Gasteiger partial charge in [-0.3, -0.25) is 0 Å². The van der Waals surface area contributed by atoms with Gasteiger partial charge in [-0.25, -0.2) is 4.57 Å². The van der Waals surface area contributed by atoms with Crippen molar-refractivity contribution in [1.82, 2.24) is 0 Å². The van der Waals surface area contributed by atoms with E-state index < -0.39 is 0 Å². The molecule has 1 saturated carbocycles. The molecular weight excluding hydrogens is 548 g/mol. The molecule has 224 valence electrons. The maximum absolute atomic E-state index is 10.2. The Hall–Kier alpha value is -4.68. The lowest BCUT2D eigenvalue weighted by atomic mass is 9.87. The summed E-state index contributed by atoms with van der Waals surface area (Å²) >= 11 is 0. The van der Waals surface area contributed by atoms with Crippen molar-refractivity contribution in [2.24, 2.45) is 12.5 Å². The second-order valence-electron chi connectivity index (χ2n) is 14.2. The van der Waals surface area contributed by atoms with Crippen LogP contribution in [0.4, 0.5) is 0 Å². The standard InChI is InChI=1S/C42H41N2O/c1-27-13-19-35-36-20-18-34(26-43)39(31-16-14-30(15-17-31)33-12-8-11-32(24-33)29-9-6-7-10-29)41(36)45-40(35)38(27)37-23-28(21-22-44(37)5)25-42(2,3)4/h8,11-24,29H,6-7,9-10,25H2,1-5H3/q+1. The minimum atomic E-state index is 0.189. The smallest absolute Gasteiger partial charge is 0.216 e. The van der Waals surface area contributed by atoms with Crippen molar-refractivity contribution in [2.45, 2.75) is 65.7 Å². The number of nitriles is 1. The van der Waals surface area contributed by atoms with Crippen LogP contribution in [0.2, 0.25) is 0 Å². The van der Waals surface area contributed by atoms with Gasteiger partial charge in [-0.2, -0.15) is 5.26 Å². The Morgan fingerprint density at radius 3 is 2.20 bits per heavy atom. The molecule has 0 spiro atoms. The summed E-state index contributed by atoms with van der Waals surface area (Å²) < 4.78 is 9.05. The normalized spacial score (nSPS) is 14.0. The maximum atomic E-state index is 10.2. The number of rotatable bonds is 5. The van der Waals surface area contributed by atoms with E-state index in [0.29, 0.717) is 11.5 Å². The summed E-state index contributed by atoms with van der Waals surface area (Å²) in [4.78, 5) is 0. The lowest BCUT2D eigenvalue weighted by molar-refractivity contribution is -0.660. The molecule has 1 fully saturated rings. The summed E-state index contributed by atoms with van der Waals surface area (Å²) in [5.41, 5.74) is 12.9. The average molecular weight is 590 g/mol. The Morgan fingerprint density at radius 2 is 1.49 bits per heavy atom. The van der Waals surface area contributed by atoms with E-state index in [4.69, 9.17) is 4.42 Å². The first kappa shape index (κ1) is 29.1. The fourth-order valence-corrected chi connectivity index (χ4v) is 7.35. The van der Waals surface area contributed by atoms with E-state index in [0.717, 1.165) is 56.3 Å². The Bertz CT molecular complexity index is 2090. The first-order valence-corrected chi connectivity index (χ1v) is 16.3. The fourth-order valence-electron chi connectivity index (χ4n) is 7.35. The number of hydrogen-bond acceptors (Lipinski definition) is 2. The number of nitrogens with zero attached hydrogens (tertiary/aromatic N) is 2. The molecule has 0 aliphatic heterocycles. The topological polar surface area (TPSA) is 40.8 Å². The van der Waals surface area contributed by atoms with Gasteiger partial charge in [-0.05, 0) is 83.0 Å². The molecule has 0 radical (unpaired) electrons. The van der Waals surface area contributed by atoms with Gasteiger partial charge in [0, 0.05) is 28.5 Å². The highest BCUT2D eigenvalue weighted by atomic mass is 16.3. The Morgan fingerprint density at radius 1 is 0.800 bits per heavy atom. The summed E-state index contributed by atoms with van der Waals surface area (Å²) in [5.74, 6) is 0.685. The van der Waals surface area contributed by atoms with Gasteiger partial charge in [-0.1, -0.05) is 94.3 Å². The van der Waals surface area contributed by atoms with Crippen LogP contribution in [0.1, 0.15) is 74.6 Å². The summed E-state index contributed by atoms with van der Waals surface area (Å²) in [6.07, 6.45) is 8.40. The van der Waals surface area contributed by atoms with Crippen LogP contribution in [0.3, 0.4) is 0 Å². The van der Waals surface area contributed by atoms with Crippen LogP contribution < -0.4 is 4.57 Å². The quantitative estimate of drug-likeness (QED) is 0.188. The van der Waals surface area contributed by atoms with Crippen LogP contribution in [0.5, 0.6) is 0 Å². The number of benzene rings is 4. The van der Waals surface area contributed by atoms with Gasteiger partial charge in [0.1, 0.15) is 18.2 Å². The lowest BCUT2D eigenvalue weighted by Crippen LogP contribution is -2.31. The van der Waals surface area contributed by atoms with E-state index in [1.165, 1.54) is 47.9 Å². The molecule has 0 N–H and O–H groups in total. The van der Waals surface area contributed by atoms with Gasteiger partial charge in [0.15, 0.2) is 6.20 Å². The van der Waals surface area contributed by atoms with Crippen molar-refractivity contribution in [1.29, 1.82) is 5.26 Å². The van der Waals surface area contributed by atoms with E-state index in [2.05, 4.69) is 124 Å². The van der Waals surface area contributed by atoms with Crippen molar-refractivity contribution in [3.8, 4) is 39.6 Å². The first-order valence-electron chi connectivity index (χ1n) is 16.3. The van der Waals surface area contributed by atoms with Crippen molar-refractivity contribution >= 4 is 21.9 Å². The number of pyridine rings is 1. The number of aromatic nitrogens is 1. The van der Waals surface area contributed by atoms with Gasteiger partial charge in [0.25, 0.3) is 0 Å². The highest BCUT2D eigenvalue weighted by molar-refractivity contribution is 6.14. The predicted octanol–water partition coefficient (Wildman–Crippen LogP) is 10.8. The molecule has 0 unspecified atom stereocenters. The summed E-state index contributed by atoms with van der Waals surface area (Å²) in [6, 6.07) is 33.0. The summed E-state index contributed by atoms with van der Waals surface area (Å²) in [7, 11) is 2.10. The van der Waals surface area contributed by atoms with Crippen LogP contribution in [0.25, 0.3) is 55.4 Å². The van der Waals surface area contributed by atoms with Crippen molar-refractivity contribution in [3.63, 3.8) is 0 Å². The number of furan rings is 1. The molecule has 0 atom stereocenters. The zero-order valence-corrected chi connectivity index (χ0v) is 27.1. The largest absolute Gasteiger partial charge is 0.454 e. The van der Waals surface area contributed by atoms with Crippen LogP contribution >= 0.6 is 0 Å². The zero-order valence-electron chi connectivity index (χ0n) is 27.1. The summed E-state index contributed by atoms with van der Waals surface area (Å²) in [6.45, 7) is 8.98. The molecule has 7 rings (SSSR count). The number of hydrogen-bond donors (Lipinski definition) is 0. The lowest BCUT2D eigenvalue weighted by Gasteiger charge is -2.18. The first-order chi connectivity index (χ1) is 21.7. The SMILES string of the molecule is Cc1ccc2c(oc3c(-c4ccc(-c5cccc(C6CCCC6)c5)cc4)c(C#N)ccc32)c1-c1cc(CC(C)(C)C)cc[n+]1C. The third-order valence-electron chi connectivity index (χ3n) is 9.56. The molecule has 0 bridgehead atoms. The second-order valence-corrected chi connectivity index (χ2v) is 14.2. The minimum Gasteiger partial charge on any atom is -0.454 e. The van der Waals surface area contributed by atoms with Crippen molar-refractivity contribution < 1.29 is 8.98 Å². The van der Waals surface area contributed by atoms with Crippen LogP contribution in [0.15, 0.2) is 95.5 Å². The van der Waals surface area contributed by atoms with Gasteiger partial charge >= 0.3 is 0 Å². The van der Waals surface area contributed by atoms with Gasteiger partial charge < -0.3 is 4.42 Å². The van der Waals surface area contributed by atoms with E-state index in [9.17, 15) is 5.26 Å². The Kier molecular flexibility index (Phi) is 7.33. The molecule has 6 aromatic rings. The van der Waals surface area contributed by atoms with Gasteiger partial charge in [-0.15, -0.1) is 0 Å². The molecule has 0 saturated heterocycles. The van der Waals surface area contributed by atoms with Gasteiger partial charge in [0.2, 0.25) is 5.69 Å². The van der Waals surface area contributed by atoms with E-state index in [-0.39, 0.29) is 5.41 Å². The molecule has 2 aromatic heterocycles. The molecule has 0 amide bonds. The molecular formula is C42H41N2O+.